The van der Waals surface area contributed by atoms with Crippen LogP contribution in [0.15, 0.2) is 18.2 Å². The second-order valence-electron chi connectivity index (χ2n) is 5.14. The Kier molecular flexibility index (Phi) is 5.43. The van der Waals surface area contributed by atoms with Crippen molar-refractivity contribution in [2.75, 3.05) is 19.7 Å². The molecule has 1 aliphatic rings. The molecule has 7 heteroatoms. The predicted molar refractivity (Wildman–Crippen MR) is 73.3 cm³/mol. The van der Waals surface area contributed by atoms with E-state index in [0.29, 0.717) is 24.9 Å². The van der Waals surface area contributed by atoms with Crippen molar-refractivity contribution in [1.82, 2.24) is 4.90 Å². The van der Waals surface area contributed by atoms with E-state index in [-0.39, 0.29) is 25.5 Å². The van der Waals surface area contributed by atoms with Crippen molar-refractivity contribution in [2.45, 2.75) is 25.4 Å². The van der Waals surface area contributed by atoms with Gasteiger partial charge in [-0.2, -0.15) is 0 Å². The van der Waals surface area contributed by atoms with E-state index in [4.69, 9.17) is 9.84 Å². The maximum atomic E-state index is 13.1. The number of hydrogen-bond acceptors (Lipinski definition) is 3. The van der Waals surface area contributed by atoms with Crippen LogP contribution < -0.4 is 0 Å². The van der Waals surface area contributed by atoms with Crippen molar-refractivity contribution >= 4 is 11.9 Å². The van der Waals surface area contributed by atoms with E-state index < -0.39 is 23.7 Å². The molecule has 22 heavy (non-hydrogen) atoms. The van der Waals surface area contributed by atoms with Crippen LogP contribution in [-0.2, 0) is 20.7 Å². The number of carbonyl (C=O) groups excluding carboxylic acids is 1. The monoisotopic (exact) mass is 313 g/mol. The molecule has 1 aliphatic heterocycles. The fourth-order valence-electron chi connectivity index (χ4n) is 2.32. The minimum absolute atomic E-state index is 0.0410. The van der Waals surface area contributed by atoms with Gasteiger partial charge in [-0.25, -0.2) is 13.6 Å². The van der Waals surface area contributed by atoms with E-state index in [1.54, 1.807) is 0 Å². The van der Waals surface area contributed by atoms with E-state index in [1.807, 2.05) is 0 Å². The number of carboxylic acids is 1. The number of carboxylic acid groups (broad SMARTS) is 1. The number of nitrogens with zero attached hydrogens (tertiary/aromatic N) is 1. The minimum atomic E-state index is -1.08. The number of ether oxygens (including phenoxy) is 1. The normalized spacial score (nSPS) is 18.3. The van der Waals surface area contributed by atoms with Crippen LogP contribution in [0.1, 0.15) is 18.4 Å². The van der Waals surface area contributed by atoms with Crippen molar-refractivity contribution in [1.29, 1.82) is 0 Å². The molecule has 1 aromatic rings. The van der Waals surface area contributed by atoms with Crippen molar-refractivity contribution in [3.8, 4) is 0 Å². The van der Waals surface area contributed by atoms with Gasteiger partial charge in [-0.15, -0.1) is 0 Å². The van der Waals surface area contributed by atoms with Crippen LogP contribution in [0.25, 0.3) is 0 Å². The molecule has 1 atom stereocenters. The average Bonchev–Trinajstić information content (AvgIpc) is 2.51. The molecule has 0 spiro atoms. The summed E-state index contributed by atoms with van der Waals surface area (Å²) in [5.74, 6) is -3.04. The Labute approximate surface area is 126 Å². The first-order valence-electron chi connectivity index (χ1n) is 7.03. The van der Waals surface area contributed by atoms with Crippen LogP contribution in [0, 0.1) is 11.6 Å². The lowest BCUT2D eigenvalue weighted by Crippen LogP contribution is -2.48. The highest BCUT2D eigenvalue weighted by atomic mass is 19.2. The smallest absolute Gasteiger partial charge is 0.334 e. The zero-order valence-electron chi connectivity index (χ0n) is 11.9. The van der Waals surface area contributed by atoms with Gasteiger partial charge in [0.25, 0.3) is 0 Å². The standard InChI is InChI=1S/C15H17F2NO4/c16-11-5-4-10(8-12(11)17)2-1-3-14(19)18-6-7-22-13(9-18)15(20)21/h4-5,8,13H,1-3,6-7,9H2,(H,20,21). The van der Waals surface area contributed by atoms with E-state index in [9.17, 15) is 18.4 Å². The summed E-state index contributed by atoms with van der Waals surface area (Å²) in [6, 6.07) is 3.67. The molecule has 1 fully saturated rings. The number of aliphatic carboxylic acids is 1. The van der Waals surface area contributed by atoms with Gasteiger partial charge in [-0.1, -0.05) is 6.07 Å². The van der Waals surface area contributed by atoms with E-state index in [0.717, 1.165) is 12.1 Å². The van der Waals surface area contributed by atoms with Crippen LogP contribution in [0.3, 0.4) is 0 Å². The van der Waals surface area contributed by atoms with Crippen molar-refractivity contribution in [2.24, 2.45) is 0 Å². The first-order valence-corrected chi connectivity index (χ1v) is 7.03. The van der Waals surface area contributed by atoms with Gasteiger partial charge in [0.1, 0.15) is 0 Å². The summed E-state index contributed by atoms with van der Waals surface area (Å²) >= 11 is 0. The molecule has 0 saturated carbocycles. The summed E-state index contributed by atoms with van der Waals surface area (Å²) in [5, 5.41) is 8.88. The molecule has 1 saturated heterocycles. The Morgan fingerprint density at radius 1 is 1.32 bits per heavy atom. The third-order valence-electron chi connectivity index (χ3n) is 3.53. The number of rotatable bonds is 5. The van der Waals surface area contributed by atoms with Crippen LogP contribution in [0.2, 0.25) is 0 Å². The average molecular weight is 313 g/mol. The van der Waals surface area contributed by atoms with Crippen LogP contribution >= 0.6 is 0 Å². The van der Waals surface area contributed by atoms with Crippen LogP contribution in [0.5, 0.6) is 0 Å². The number of halogens is 2. The summed E-state index contributed by atoms with van der Waals surface area (Å²) in [6.45, 7) is 0.610. The molecular formula is C15H17F2NO4. The Bertz CT molecular complexity index is 564. The van der Waals surface area contributed by atoms with Gasteiger partial charge < -0.3 is 14.7 Å². The largest absolute Gasteiger partial charge is 0.479 e. The molecule has 0 bridgehead atoms. The number of carbonyl (C=O) groups is 2. The third kappa shape index (κ3) is 4.24. The molecule has 1 heterocycles. The molecular weight excluding hydrogens is 296 g/mol. The zero-order valence-corrected chi connectivity index (χ0v) is 11.9. The van der Waals surface area contributed by atoms with Gasteiger partial charge in [-0.05, 0) is 30.5 Å². The lowest BCUT2D eigenvalue weighted by atomic mass is 10.1. The molecule has 0 aromatic heterocycles. The first-order chi connectivity index (χ1) is 10.5. The number of aryl methyl sites for hydroxylation is 1. The van der Waals surface area contributed by atoms with E-state index in [2.05, 4.69) is 0 Å². The Morgan fingerprint density at radius 3 is 2.77 bits per heavy atom. The molecule has 5 nitrogen and oxygen atoms in total. The number of hydrogen-bond donors (Lipinski definition) is 1. The van der Waals surface area contributed by atoms with Crippen molar-refractivity contribution in [3.63, 3.8) is 0 Å². The quantitative estimate of drug-likeness (QED) is 0.896. The number of morpholine rings is 1. The highest BCUT2D eigenvalue weighted by Crippen LogP contribution is 2.13. The van der Waals surface area contributed by atoms with Gasteiger partial charge in [0.15, 0.2) is 17.7 Å². The van der Waals surface area contributed by atoms with Crippen LogP contribution in [-0.4, -0.2) is 47.7 Å². The molecule has 120 valence electrons. The lowest BCUT2D eigenvalue weighted by molar-refractivity contribution is -0.159. The molecule has 0 radical (unpaired) electrons. The van der Waals surface area contributed by atoms with Crippen LogP contribution in [0.4, 0.5) is 8.78 Å². The zero-order chi connectivity index (χ0) is 16.1. The fourth-order valence-corrected chi connectivity index (χ4v) is 2.32. The highest BCUT2D eigenvalue weighted by Gasteiger charge is 2.28. The minimum Gasteiger partial charge on any atom is -0.479 e. The van der Waals surface area contributed by atoms with Crippen molar-refractivity contribution < 1.29 is 28.2 Å². The lowest BCUT2D eigenvalue weighted by Gasteiger charge is -2.30. The number of benzene rings is 1. The van der Waals surface area contributed by atoms with E-state index >= 15 is 0 Å². The van der Waals surface area contributed by atoms with Gasteiger partial charge >= 0.3 is 5.97 Å². The predicted octanol–water partition coefficient (Wildman–Crippen LogP) is 1.60. The Balaban J connectivity index is 1.79. The summed E-state index contributed by atoms with van der Waals surface area (Å²) in [6.07, 6.45) is 0.184. The Morgan fingerprint density at radius 2 is 2.09 bits per heavy atom. The molecule has 1 N–H and O–H groups in total. The van der Waals surface area contributed by atoms with Gasteiger partial charge in [-0.3, -0.25) is 4.79 Å². The van der Waals surface area contributed by atoms with E-state index in [1.165, 1.54) is 11.0 Å². The van der Waals surface area contributed by atoms with Crippen molar-refractivity contribution in [3.05, 3.63) is 35.4 Å². The first kappa shape index (κ1) is 16.4. The molecule has 1 aromatic carbocycles. The molecule has 2 rings (SSSR count). The molecule has 1 unspecified atom stereocenters. The maximum Gasteiger partial charge on any atom is 0.334 e. The molecule has 1 amide bonds. The molecule has 0 aliphatic carbocycles. The number of amides is 1. The van der Waals surface area contributed by atoms with Gasteiger partial charge in [0.2, 0.25) is 5.91 Å². The Hall–Kier alpha value is -2.02. The summed E-state index contributed by atoms with van der Waals surface area (Å²) in [7, 11) is 0. The van der Waals surface area contributed by atoms with Gasteiger partial charge in [0.05, 0.1) is 13.2 Å². The summed E-state index contributed by atoms with van der Waals surface area (Å²) < 4.78 is 30.9. The SMILES string of the molecule is O=C(O)C1CN(C(=O)CCCc2ccc(F)c(F)c2)CCO1. The topological polar surface area (TPSA) is 66.8 Å². The fraction of sp³-hybridized carbons (Fsp3) is 0.467. The second kappa shape index (κ2) is 7.31. The highest BCUT2D eigenvalue weighted by molar-refractivity contribution is 5.78. The third-order valence-corrected chi connectivity index (χ3v) is 3.53. The second-order valence-corrected chi connectivity index (χ2v) is 5.14. The summed E-state index contributed by atoms with van der Waals surface area (Å²) in [5.41, 5.74) is 0.622. The summed E-state index contributed by atoms with van der Waals surface area (Å²) in [4.78, 5) is 24.3. The van der Waals surface area contributed by atoms with Gasteiger partial charge in [0, 0.05) is 13.0 Å². The maximum absolute atomic E-state index is 13.1.